The van der Waals surface area contributed by atoms with Gasteiger partial charge in [-0.3, -0.25) is 4.79 Å². The van der Waals surface area contributed by atoms with Crippen molar-refractivity contribution < 1.29 is 18.7 Å². The summed E-state index contributed by atoms with van der Waals surface area (Å²) in [6.07, 6.45) is 0. The lowest BCUT2D eigenvalue weighted by atomic mass is 10.1. The highest BCUT2D eigenvalue weighted by atomic mass is 16.5. The van der Waals surface area contributed by atoms with Crippen LogP contribution >= 0.6 is 0 Å². The monoisotopic (exact) mass is 475 g/mol. The number of methoxy groups -OCH3 is 1. The van der Waals surface area contributed by atoms with Gasteiger partial charge in [0.1, 0.15) is 11.5 Å². The van der Waals surface area contributed by atoms with Crippen LogP contribution in [0.4, 0.5) is 5.69 Å². The van der Waals surface area contributed by atoms with Gasteiger partial charge in [0.25, 0.3) is 5.91 Å². The molecular weight excluding hydrogens is 446 g/mol. The van der Waals surface area contributed by atoms with Gasteiger partial charge in [-0.15, -0.1) is 5.10 Å². The van der Waals surface area contributed by atoms with Gasteiger partial charge in [0.2, 0.25) is 5.89 Å². The molecule has 0 saturated heterocycles. The number of hydrogen-bond acceptors (Lipinski definition) is 7. The minimum atomic E-state index is -0.306. The summed E-state index contributed by atoms with van der Waals surface area (Å²) in [6.45, 7) is 10.4. The van der Waals surface area contributed by atoms with E-state index in [4.69, 9.17) is 13.9 Å². The summed E-state index contributed by atoms with van der Waals surface area (Å²) in [5, 5.41) is 11.2. The number of carbonyl (C=O) groups is 1. The number of nitrogens with one attached hydrogen (secondary N) is 1. The molecule has 9 nitrogen and oxygen atoms in total. The minimum Gasteiger partial charge on any atom is -0.493 e. The Kier molecular flexibility index (Phi) is 6.86. The number of anilines is 1. The maximum Gasteiger partial charge on any atom is 0.278 e. The molecule has 0 spiro atoms. The van der Waals surface area contributed by atoms with E-state index in [0.717, 1.165) is 22.4 Å². The van der Waals surface area contributed by atoms with Crippen molar-refractivity contribution in [2.24, 2.45) is 0 Å². The Morgan fingerprint density at radius 2 is 1.89 bits per heavy atom. The van der Waals surface area contributed by atoms with Gasteiger partial charge in [0.15, 0.2) is 17.2 Å². The summed E-state index contributed by atoms with van der Waals surface area (Å²) in [5.74, 6) is 2.08. The molecule has 4 aromatic rings. The Labute approximate surface area is 204 Å². The lowest BCUT2D eigenvalue weighted by Crippen LogP contribution is -2.15. The SMILES string of the molecule is CCOc1ccc(-c2nc(Cn3nnc(C(=O)Nc4ccc(C)cc4C)c3C)c(C)o2)cc1OC. The van der Waals surface area contributed by atoms with Crippen molar-refractivity contribution in [3.8, 4) is 23.0 Å². The van der Waals surface area contributed by atoms with Gasteiger partial charge in [0, 0.05) is 11.3 Å². The van der Waals surface area contributed by atoms with E-state index in [1.807, 2.05) is 71.0 Å². The molecule has 2 aromatic carbocycles. The molecule has 0 bridgehead atoms. The number of aromatic nitrogens is 4. The number of aryl methyl sites for hydroxylation is 3. The molecular formula is C26H29N5O4. The summed E-state index contributed by atoms with van der Waals surface area (Å²) < 4.78 is 18.6. The maximum absolute atomic E-state index is 12.8. The van der Waals surface area contributed by atoms with Gasteiger partial charge in [-0.25, -0.2) is 9.67 Å². The zero-order valence-electron chi connectivity index (χ0n) is 20.8. The number of benzene rings is 2. The fourth-order valence-electron chi connectivity index (χ4n) is 3.77. The molecule has 0 unspecified atom stereocenters. The Balaban J connectivity index is 1.53. The number of hydrogen-bond donors (Lipinski definition) is 1. The van der Waals surface area contributed by atoms with Gasteiger partial charge in [-0.05, 0) is 64.4 Å². The second-order valence-corrected chi connectivity index (χ2v) is 8.27. The van der Waals surface area contributed by atoms with E-state index in [9.17, 15) is 4.79 Å². The number of oxazole rings is 1. The summed E-state index contributed by atoms with van der Waals surface area (Å²) in [4.78, 5) is 17.5. The molecule has 2 aromatic heterocycles. The highest BCUT2D eigenvalue weighted by Crippen LogP contribution is 2.33. The topological polar surface area (TPSA) is 104 Å². The Morgan fingerprint density at radius 3 is 2.60 bits per heavy atom. The Bertz CT molecular complexity index is 1370. The molecule has 0 fully saturated rings. The maximum atomic E-state index is 12.8. The van der Waals surface area contributed by atoms with E-state index in [1.54, 1.807) is 11.8 Å². The van der Waals surface area contributed by atoms with Crippen molar-refractivity contribution in [3.63, 3.8) is 0 Å². The first kappa shape index (κ1) is 24.0. The van der Waals surface area contributed by atoms with Gasteiger partial charge in [-0.1, -0.05) is 22.9 Å². The van der Waals surface area contributed by atoms with E-state index in [2.05, 4.69) is 20.6 Å². The van der Waals surface area contributed by atoms with Crippen LogP contribution in [0.2, 0.25) is 0 Å². The second-order valence-electron chi connectivity index (χ2n) is 8.27. The van der Waals surface area contributed by atoms with Crippen molar-refractivity contribution in [2.45, 2.75) is 41.2 Å². The third-order valence-electron chi connectivity index (χ3n) is 5.73. The third-order valence-corrected chi connectivity index (χ3v) is 5.73. The lowest BCUT2D eigenvalue weighted by molar-refractivity contribution is 0.102. The standard InChI is InChI=1S/C26H29N5O4/c1-7-34-22-11-9-19(13-23(22)33-6)26-28-21(18(5)35-26)14-31-17(4)24(29-30-31)25(32)27-20-10-8-15(2)12-16(20)3/h8-13H,7,14H2,1-6H3,(H,27,32). The van der Waals surface area contributed by atoms with Gasteiger partial charge < -0.3 is 19.2 Å². The summed E-state index contributed by atoms with van der Waals surface area (Å²) in [5.41, 5.74) is 5.23. The average molecular weight is 476 g/mol. The quantitative estimate of drug-likeness (QED) is 0.387. The first-order chi connectivity index (χ1) is 16.8. The molecule has 9 heteroatoms. The normalized spacial score (nSPS) is 10.9. The summed E-state index contributed by atoms with van der Waals surface area (Å²) in [6, 6.07) is 11.4. The van der Waals surface area contributed by atoms with Crippen LogP contribution in [0.15, 0.2) is 40.8 Å². The Hall–Kier alpha value is -4.14. The largest absolute Gasteiger partial charge is 0.493 e. The molecule has 0 aliphatic rings. The fraction of sp³-hybridized carbons (Fsp3) is 0.308. The zero-order chi connectivity index (χ0) is 25.1. The van der Waals surface area contributed by atoms with Crippen LogP contribution in [0.3, 0.4) is 0 Å². The molecule has 0 saturated carbocycles. The first-order valence-electron chi connectivity index (χ1n) is 11.4. The van der Waals surface area contributed by atoms with Crippen LogP contribution in [0.25, 0.3) is 11.5 Å². The molecule has 0 aliphatic carbocycles. The first-order valence-corrected chi connectivity index (χ1v) is 11.4. The molecule has 4 rings (SSSR count). The minimum absolute atomic E-state index is 0.266. The summed E-state index contributed by atoms with van der Waals surface area (Å²) >= 11 is 0. The van der Waals surface area contributed by atoms with E-state index in [0.29, 0.717) is 47.7 Å². The number of amides is 1. The van der Waals surface area contributed by atoms with Crippen LogP contribution in [0.1, 0.15) is 45.7 Å². The van der Waals surface area contributed by atoms with Crippen molar-refractivity contribution in [1.29, 1.82) is 0 Å². The van der Waals surface area contributed by atoms with E-state index in [-0.39, 0.29) is 11.6 Å². The molecule has 1 N–H and O–H groups in total. The predicted molar refractivity (Wildman–Crippen MR) is 132 cm³/mol. The number of nitrogens with zero attached hydrogens (tertiary/aromatic N) is 4. The second kappa shape index (κ2) is 10.0. The summed E-state index contributed by atoms with van der Waals surface area (Å²) in [7, 11) is 1.59. The fourth-order valence-corrected chi connectivity index (χ4v) is 3.77. The van der Waals surface area contributed by atoms with Crippen LogP contribution in [0.5, 0.6) is 11.5 Å². The zero-order valence-corrected chi connectivity index (χ0v) is 20.8. The molecule has 2 heterocycles. The average Bonchev–Trinajstić information content (AvgIpc) is 3.38. The number of ether oxygens (including phenoxy) is 2. The molecule has 0 atom stereocenters. The predicted octanol–water partition coefficient (Wildman–Crippen LogP) is 4.87. The molecule has 0 radical (unpaired) electrons. The van der Waals surface area contributed by atoms with Gasteiger partial charge >= 0.3 is 0 Å². The van der Waals surface area contributed by atoms with Crippen molar-refractivity contribution in [3.05, 3.63) is 70.4 Å². The van der Waals surface area contributed by atoms with Crippen molar-refractivity contribution >= 4 is 11.6 Å². The third kappa shape index (κ3) is 5.03. The van der Waals surface area contributed by atoms with Crippen LogP contribution in [-0.4, -0.2) is 39.6 Å². The molecule has 35 heavy (non-hydrogen) atoms. The molecule has 0 aliphatic heterocycles. The van der Waals surface area contributed by atoms with Crippen LogP contribution < -0.4 is 14.8 Å². The number of carbonyl (C=O) groups excluding carboxylic acids is 1. The number of rotatable bonds is 8. The van der Waals surface area contributed by atoms with Crippen LogP contribution in [-0.2, 0) is 6.54 Å². The van der Waals surface area contributed by atoms with Crippen molar-refractivity contribution in [2.75, 3.05) is 19.0 Å². The lowest BCUT2D eigenvalue weighted by Gasteiger charge is -2.09. The highest BCUT2D eigenvalue weighted by molar-refractivity contribution is 6.03. The Morgan fingerprint density at radius 1 is 1.09 bits per heavy atom. The van der Waals surface area contributed by atoms with Crippen LogP contribution in [0, 0.1) is 27.7 Å². The van der Waals surface area contributed by atoms with E-state index in [1.165, 1.54) is 0 Å². The molecule has 1 amide bonds. The van der Waals surface area contributed by atoms with E-state index >= 15 is 0 Å². The van der Waals surface area contributed by atoms with E-state index < -0.39 is 0 Å². The molecule has 182 valence electrons. The van der Waals surface area contributed by atoms with Gasteiger partial charge in [-0.2, -0.15) is 0 Å². The van der Waals surface area contributed by atoms with Gasteiger partial charge in [0.05, 0.1) is 26.0 Å². The smallest absolute Gasteiger partial charge is 0.278 e. The highest BCUT2D eigenvalue weighted by Gasteiger charge is 2.20. The van der Waals surface area contributed by atoms with Crippen molar-refractivity contribution in [1.82, 2.24) is 20.0 Å².